The number of piperazine rings is 1. The normalized spacial score (nSPS) is 16.4. The minimum atomic E-state index is 0.0304. The number of nitrogens with one attached hydrogen (secondary N) is 1. The monoisotopic (exact) mass is 393 g/mol. The van der Waals surface area contributed by atoms with Gasteiger partial charge in [-0.2, -0.15) is 0 Å². The van der Waals surface area contributed by atoms with Crippen LogP contribution in [0.15, 0.2) is 48.5 Å². The maximum absolute atomic E-state index is 12.9. The highest BCUT2D eigenvalue weighted by Crippen LogP contribution is 2.30. The van der Waals surface area contributed by atoms with Crippen LogP contribution in [-0.2, 0) is 4.79 Å². The Balaban J connectivity index is 1.34. The van der Waals surface area contributed by atoms with E-state index in [9.17, 15) is 9.59 Å². The van der Waals surface area contributed by atoms with Gasteiger partial charge in [-0.1, -0.05) is 12.1 Å². The molecule has 6 nitrogen and oxygen atoms in total. The Kier molecular flexibility index (Phi) is 5.69. The van der Waals surface area contributed by atoms with Gasteiger partial charge in [0, 0.05) is 43.3 Å². The zero-order valence-electron chi connectivity index (χ0n) is 16.8. The molecule has 2 amide bonds. The summed E-state index contributed by atoms with van der Waals surface area (Å²) in [7, 11) is 0. The van der Waals surface area contributed by atoms with E-state index >= 15 is 0 Å². The zero-order chi connectivity index (χ0) is 20.2. The third-order valence-corrected chi connectivity index (χ3v) is 5.42. The molecule has 0 unspecified atom stereocenters. The Labute approximate surface area is 171 Å². The van der Waals surface area contributed by atoms with Crippen molar-refractivity contribution in [1.29, 1.82) is 0 Å². The van der Waals surface area contributed by atoms with Crippen molar-refractivity contribution < 1.29 is 14.3 Å². The van der Waals surface area contributed by atoms with E-state index in [0.29, 0.717) is 25.3 Å². The molecule has 1 saturated carbocycles. The Hall–Kier alpha value is -3.02. The second kappa shape index (κ2) is 8.55. The predicted octanol–water partition coefficient (Wildman–Crippen LogP) is 3.40. The van der Waals surface area contributed by atoms with Crippen LogP contribution in [0.5, 0.6) is 5.75 Å². The van der Waals surface area contributed by atoms with Gasteiger partial charge < -0.3 is 19.9 Å². The molecular weight excluding hydrogens is 366 g/mol. The van der Waals surface area contributed by atoms with Gasteiger partial charge in [0.1, 0.15) is 5.75 Å². The van der Waals surface area contributed by atoms with Crippen LogP contribution < -0.4 is 15.0 Å². The van der Waals surface area contributed by atoms with Crippen LogP contribution in [0.25, 0.3) is 0 Å². The minimum Gasteiger partial charge on any atom is -0.492 e. The van der Waals surface area contributed by atoms with Gasteiger partial charge in [-0.05, 0) is 56.2 Å². The summed E-state index contributed by atoms with van der Waals surface area (Å²) in [5.74, 6) is 1.16. The lowest BCUT2D eigenvalue weighted by Gasteiger charge is -2.36. The van der Waals surface area contributed by atoms with E-state index in [0.717, 1.165) is 43.1 Å². The first-order valence-electron chi connectivity index (χ1n) is 10.3. The van der Waals surface area contributed by atoms with Crippen molar-refractivity contribution in [2.45, 2.75) is 19.8 Å². The zero-order valence-corrected chi connectivity index (χ0v) is 16.8. The van der Waals surface area contributed by atoms with Gasteiger partial charge in [0.05, 0.1) is 12.3 Å². The highest BCUT2D eigenvalue weighted by molar-refractivity contribution is 5.97. The maximum atomic E-state index is 12.9. The summed E-state index contributed by atoms with van der Waals surface area (Å²) in [5.41, 5.74) is 2.48. The van der Waals surface area contributed by atoms with Crippen molar-refractivity contribution in [3.8, 4) is 5.75 Å². The summed E-state index contributed by atoms with van der Waals surface area (Å²) in [6.07, 6.45) is 1.95. The first-order valence-corrected chi connectivity index (χ1v) is 10.3. The lowest BCUT2D eigenvalue weighted by molar-refractivity contribution is -0.117. The van der Waals surface area contributed by atoms with Gasteiger partial charge in [0.25, 0.3) is 5.91 Å². The molecule has 0 radical (unpaired) electrons. The number of anilines is 2. The lowest BCUT2D eigenvalue weighted by atomic mass is 10.1. The number of benzene rings is 2. The molecule has 2 aromatic carbocycles. The molecule has 1 aliphatic carbocycles. The van der Waals surface area contributed by atoms with Crippen LogP contribution in [0.4, 0.5) is 11.4 Å². The summed E-state index contributed by atoms with van der Waals surface area (Å²) in [5, 5.41) is 2.91. The molecule has 152 valence electrons. The first kappa shape index (κ1) is 19.3. The number of ether oxygens (including phenoxy) is 1. The number of para-hydroxylation sites is 2. The van der Waals surface area contributed by atoms with E-state index in [1.807, 2.05) is 42.2 Å². The third-order valence-electron chi connectivity index (χ3n) is 5.42. The molecule has 0 bridgehead atoms. The summed E-state index contributed by atoms with van der Waals surface area (Å²) < 4.78 is 5.74. The van der Waals surface area contributed by atoms with Gasteiger partial charge in [0.2, 0.25) is 5.91 Å². The Morgan fingerprint density at radius 1 is 1.00 bits per heavy atom. The van der Waals surface area contributed by atoms with Crippen molar-refractivity contribution in [2.75, 3.05) is 43.0 Å². The molecule has 0 aromatic heterocycles. The van der Waals surface area contributed by atoms with Crippen molar-refractivity contribution in [3.63, 3.8) is 0 Å². The Morgan fingerprint density at radius 2 is 1.69 bits per heavy atom. The standard InChI is InChI=1S/C23H27N3O3/c1-2-29-21-6-4-3-5-20(21)25-13-15-26(16-14-25)23(28)18-9-11-19(12-10-18)24-22(27)17-7-8-17/h3-6,9-12,17H,2,7-8,13-16H2,1H3,(H,24,27). The number of carbonyl (C=O) groups is 2. The average molecular weight is 393 g/mol. The van der Waals surface area contributed by atoms with Gasteiger partial charge in [-0.25, -0.2) is 0 Å². The molecule has 4 rings (SSSR count). The highest BCUT2D eigenvalue weighted by atomic mass is 16.5. The fourth-order valence-corrected chi connectivity index (χ4v) is 3.61. The fourth-order valence-electron chi connectivity index (χ4n) is 3.61. The van der Waals surface area contributed by atoms with Gasteiger partial charge in [-0.15, -0.1) is 0 Å². The summed E-state index contributed by atoms with van der Waals surface area (Å²) in [6.45, 7) is 5.48. The number of rotatable bonds is 6. The van der Waals surface area contributed by atoms with Crippen LogP contribution in [-0.4, -0.2) is 49.5 Å². The predicted molar refractivity (Wildman–Crippen MR) is 114 cm³/mol. The van der Waals surface area contributed by atoms with Crippen molar-refractivity contribution in [3.05, 3.63) is 54.1 Å². The Morgan fingerprint density at radius 3 is 2.34 bits per heavy atom. The van der Waals surface area contributed by atoms with E-state index in [1.54, 1.807) is 12.1 Å². The van der Waals surface area contributed by atoms with Crippen molar-refractivity contribution in [2.24, 2.45) is 5.92 Å². The molecule has 2 aromatic rings. The molecule has 2 aliphatic rings. The minimum absolute atomic E-state index is 0.0304. The van der Waals surface area contributed by atoms with Crippen LogP contribution >= 0.6 is 0 Å². The van der Waals surface area contributed by atoms with E-state index in [4.69, 9.17) is 4.74 Å². The molecule has 0 spiro atoms. The molecule has 6 heteroatoms. The SMILES string of the molecule is CCOc1ccccc1N1CCN(C(=O)c2ccc(NC(=O)C3CC3)cc2)CC1. The number of nitrogens with zero attached hydrogens (tertiary/aromatic N) is 2. The second-order valence-electron chi connectivity index (χ2n) is 7.52. The molecule has 0 atom stereocenters. The van der Waals surface area contributed by atoms with Crippen LogP contribution in [0.3, 0.4) is 0 Å². The Bertz CT molecular complexity index is 869. The summed E-state index contributed by atoms with van der Waals surface area (Å²) >= 11 is 0. The summed E-state index contributed by atoms with van der Waals surface area (Å²) in [4.78, 5) is 28.9. The van der Waals surface area contributed by atoms with E-state index in [1.165, 1.54) is 0 Å². The quantitative estimate of drug-likeness (QED) is 0.817. The fraction of sp³-hybridized carbons (Fsp3) is 0.391. The molecular formula is C23H27N3O3. The van der Waals surface area contributed by atoms with Crippen molar-refractivity contribution in [1.82, 2.24) is 4.90 Å². The van der Waals surface area contributed by atoms with Crippen LogP contribution in [0.1, 0.15) is 30.1 Å². The molecule has 1 aliphatic heterocycles. The van der Waals surface area contributed by atoms with Gasteiger partial charge >= 0.3 is 0 Å². The topological polar surface area (TPSA) is 61.9 Å². The van der Waals surface area contributed by atoms with E-state index in [2.05, 4.69) is 16.3 Å². The molecule has 1 heterocycles. The average Bonchev–Trinajstić information content (AvgIpc) is 3.60. The van der Waals surface area contributed by atoms with Crippen LogP contribution in [0, 0.1) is 5.92 Å². The van der Waals surface area contributed by atoms with Crippen molar-refractivity contribution >= 4 is 23.2 Å². The number of carbonyl (C=O) groups excluding carboxylic acids is 2. The maximum Gasteiger partial charge on any atom is 0.253 e. The smallest absolute Gasteiger partial charge is 0.253 e. The number of hydrogen-bond acceptors (Lipinski definition) is 4. The third kappa shape index (κ3) is 4.53. The van der Waals surface area contributed by atoms with Crippen LogP contribution in [0.2, 0.25) is 0 Å². The largest absolute Gasteiger partial charge is 0.492 e. The highest BCUT2D eigenvalue weighted by Gasteiger charge is 2.29. The van der Waals surface area contributed by atoms with E-state index < -0.39 is 0 Å². The van der Waals surface area contributed by atoms with Gasteiger partial charge in [0.15, 0.2) is 0 Å². The second-order valence-corrected chi connectivity index (χ2v) is 7.52. The summed E-state index contributed by atoms with van der Waals surface area (Å²) in [6, 6.07) is 15.2. The van der Waals surface area contributed by atoms with E-state index in [-0.39, 0.29) is 17.7 Å². The molecule has 29 heavy (non-hydrogen) atoms. The lowest BCUT2D eigenvalue weighted by Crippen LogP contribution is -2.48. The number of amides is 2. The molecule has 1 N–H and O–H groups in total. The first-order chi connectivity index (χ1) is 14.2. The van der Waals surface area contributed by atoms with Gasteiger partial charge in [-0.3, -0.25) is 9.59 Å². The number of hydrogen-bond donors (Lipinski definition) is 1. The molecule has 1 saturated heterocycles. The molecule has 2 fully saturated rings.